The zero-order valence-corrected chi connectivity index (χ0v) is 27.8. The number of hydrogen-bond donors (Lipinski definition) is 2. The molecule has 5 rings (SSSR count). The third kappa shape index (κ3) is 9.33. The summed E-state index contributed by atoms with van der Waals surface area (Å²) in [7, 11) is 1.75. The van der Waals surface area contributed by atoms with Crippen LogP contribution in [0.5, 0.6) is 0 Å². The highest BCUT2D eigenvalue weighted by atomic mass is 19.4. The van der Waals surface area contributed by atoms with Gasteiger partial charge < -0.3 is 19.9 Å². The smallest absolute Gasteiger partial charge is 0.379 e. The summed E-state index contributed by atoms with van der Waals surface area (Å²) in [5.74, 6) is -0.0181. The van der Waals surface area contributed by atoms with Crippen molar-refractivity contribution in [2.75, 3.05) is 38.2 Å². The van der Waals surface area contributed by atoms with Gasteiger partial charge in [0.25, 0.3) is 11.5 Å². The summed E-state index contributed by atoms with van der Waals surface area (Å²) in [5, 5.41) is 6.67. The van der Waals surface area contributed by atoms with E-state index in [4.69, 9.17) is 4.74 Å². The molecule has 0 radical (unpaired) electrons. The maximum atomic E-state index is 13.4. The van der Waals surface area contributed by atoms with Crippen molar-refractivity contribution in [2.45, 2.75) is 32.9 Å². The van der Waals surface area contributed by atoms with E-state index in [1.54, 1.807) is 30.0 Å². The maximum Gasteiger partial charge on any atom is 0.416 e. The highest BCUT2D eigenvalue weighted by molar-refractivity contribution is 5.95. The minimum Gasteiger partial charge on any atom is -0.379 e. The minimum absolute atomic E-state index is 0.0943. The Hall–Kier alpha value is -5.00. The van der Waals surface area contributed by atoms with Crippen molar-refractivity contribution < 1.29 is 22.7 Å². The number of morpholine rings is 1. The van der Waals surface area contributed by atoms with Gasteiger partial charge in [0.1, 0.15) is 5.82 Å². The molecule has 0 unspecified atom stereocenters. The van der Waals surface area contributed by atoms with Crippen LogP contribution in [0.1, 0.15) is 40.9 Å². The van der Waals surface area contributed by atoms with E-state index in [-0.39, 0.29) is 11.1 Å². The lowest BCUT2D eigenvalue weighted by Gasteiger charge is -2.26. The summed E-state index contributed by atoms with van der Waals surface area (Å²) >= 11 is 0. The number of anilines is 2. The van der Waals surface area contributed by atoms with Crippen LogP contribution in [0.2, 0.25) is 0 Å². The summed E-state index contributed by atoms with van der Waals surface area (Å²) in [4.78, 5) is 32.8. The number of halogens is 3. The van der Waals surface area contributed by atoms with E-state index in [1.807, 2.05) is 44.2 Å². The SMILES string of the molecule is C\C=C(Cc1cc2cnc(Nc3ccc(CCN4CCOCC4)cc3)cc2n(C)c1=O)/C(C)=C\C=C\NC(=O)c1cccc(C(F)(F)F)c1. The van der Waals surface area contributed by atoms with Crippen LogP contribution in [0, 0.1) is 0 Å². The summed E-state index contributed by atoms with van der Waals surface area (Å²) in [6, 6.07) is 16.3. The summed E-state index contributed by atoms with van der Waals surface area (Å²) in [6.07, 6.45) is 5.23. The lowest BCUT2D eigenvalue weighted by atomic mass is 9.98. The van der Waals surface area contributed by atoms with Crippen LogP contribution >= 0.6 is 0 Å². The highest BCUT2D eigenvalue weighted by Gasteiger charge is 2.30. The number of benzene rings is 2. The van der Waals surface area contributed by atoms with Crippen LogP contribution < -0.4 is 16.2 Å². The lowest BCUT2D eigenvalue weighted by Crippen LogP contribution is -2.37. The number of amides is 1. The van der Waals surface area contributed by atoms with E-state index in [9.17, 15) is 22.8 Å². The van der Waals surface area contributed by atoms with Gasteiger partial charge in [-0.15, -0.1) is 0 Å². The number of carbonyl (C=O) groups is 1. The Labute approximate surface area is 283 Å². The molecule has 0 spiro atoms. The van der Waals surface area contributed by atoms with Crippen molar-refractivity contribution in [2.24, 2.45) is 7.05 Å². The van der Waals surface area contributed by atoms with E-state index in [0.29, 0.717) is 17.8 Å². The molecule has 1 aliphatic rings. The molecule has 2 aromatic heterocycles. The molecular formula is C38H40F3N5O3. The van der Waals surface area contributed by atoms with E-state index < -0.39 is 17.6 Å². The second-order valence-electron chi connectivity index (χ2n) is 11.9. The Kier molecular flexibility index (Phi) is 11.5. The van der Waals surface area contributed by atoms with Crippen molar-refractivity contribution >= 4 is 28.3 Å². The third-order valence-electron chi connectivity index (χ3n) is 8.57. The quantitative estimate of drug-likeness (QED) is 0.168. The number of nitrogens with zero attached hydrogens (tertiary/aromatic N) is 3. The second kappa shape index (κ2) is 15.9. The third-order valence-corrected chi connectivity index (χ3v) is 8.57. The summed E-state index contributed by atoms with van der Waals surface area (Å²) in [5.41, 5.74) is 4.20. The predicted octanol–water partition coefficient (Wildman–Crippen LogP) is 6.95. The van der Waals surface area contributed by atoms with Gasteiger partial charge in [0.2, 0.25) is 0 Å². The number of rotatable bonds is 11. The molecule has 1 saturated heterocycles. The Balaban J connectivity index is 1.21. The van der Waals surface area contributed by atoms with E-state index in [2.05, 4.69) is 32.7 Å². The van der Waals surface area contributed by atoms with Gasteiger partial charge >= 0.3 is 6.18 Å². The van der Waals surface area contributed by atoms with Gasteiger partial charge in [-0.05, 0) is 79.5 Å². The molecule has 1 aliphatic heterocycles. The van der Waals surface area contributed by atoms with E-state index >= 15 is 0 Å². The first-order chi connectivity index (χ1) is 23.5. The zero-order chi connectivity index (χ0) is 35.0. The van der Waals surface area contributed by atoms with Crippen molar-refractivity contribution in [3.63, 3.8) is 0 Å². The van der Waals surface area contributed by atoms with Gasteiger partial charge in [-0.1, -0.05) is 30.4 Å². The lowest BCUT2D eigenvalue weighted by molar-refractivity contribution is -0.137. The molecule has 3 heterocycles. The van der Waals surface area contributed by atoms with Gasteiger partial charge in [-0.3, -0.25) is 14.5 Å². The molecule has 4 aromatic rings. The molecule has 1 amide bonds. The fraction of sp³-hybridized carbons (Fsp3) is 0.289. The number of pyridine rings is 2. The topological polar surface area (TPSA) is 88.5 Å². The summed E-state index contributed by atoms with van der Waals surface area (Å²) < 4.78 is 46.0. The minimum atomic E-state index is -4.53. The molecule has 2 aromatic carbocycles. The standard InChI is InChI=1S/C38H40F3N5O3/c1-4-28(26(2)7-6-15-42-36(47)29-8-5-9-32(23-29)38(39,40)41)21-30-22-31-25-43-35(24-34(31)45(3)37(30)48)44-33-12-10-27(11-13-33)14-16-46-17-19-49-20-18-46/h4-13,15,22-25H,14,16-21H2,1-3H3,(H,42,47)(H,43,44)/b15-6+,26-7-,28-4-. The number of ether oxygens (including phenoxy) is 1. The number of fused-ring (bicyclic) bond motifs is 1. The first kappa shape index (κ1) is 35.3. The van der Waals surface area contributed by atoms with E-state index in [0.717, 1.165) is 79.1 Å². The van der Waals surface area contributed by atoms with Crippen molar-refractivity contribution in [1.82, 2.24) is 19.8 Å². The average Bonchev–Trinajstić information content (AvgIpc) is 3.11. The van der Waals surface area contributed by atoms with Crippen LogP contribution in [0.3, 0.4) is 0 Å². The molecule has 2 N–H and O–H groups in total. The first-order valence-corrected chi connectivity index (χ1v) is 16.1. The molecule has 11 heteroatoms. The number of aromatic nitrogens is 2. The van der Waals surface area contributed by atoms with Gasteiger partial charge in [-0.25, -0.2) is 4.98 Å². The highest BCUT2D eigenvalue weighted by Crippen LogP contribution is 2.29. The molecular weight excluding hydrogens is 631 g/mol. The normalized spacial score (nSPS) is 14.8. The molecule has 256 valence electrons. The predicted molar refractivity (Wildman–Crippen MR) is 187 cm³/mol. The van der Waals surface area contributed by atoms with Gasteiger partial charge in [0, 0.05) is 73.8 Å². The fourth-order valence-corrected chi connectivity index (χ4v) is 5.66. The Bertz CT molecular complexity index is 1940. The number of alkyl halides is 3. The number of aryl methyl sites for hydroxylation is 1. The van der Waals surface area contributed by atoms with Crippen molar-refractivity contribution in [1.29, 1.82) is 0 Å². The van der Waals surface area contributed by atoms with Crippen LogP contribution in [0.4, 0.5) is 24.7 Å². The first-order valence-electron chi connectivity index (χ1n) is 16.1. The zero-order valence-electron chi connectivity index (χ0n) is 27.8. The van der Waals surface area contributed by atoms with Crippen molar-refractivity contribution in [3.05, 3.63) is 135 Å². The maximum absolute atomic E-state index is 13.4. The van der Waals surface area contributed by atoms with Crippen molar-refractivity contribution in [3.8, 4) is 0 Å². The molecule has 8 nitrogen and oxygen atoms in total. The molecule has 0 saturated carbocycles. The molecule has 0 atom stereocenters. The molecule has 1 fully saturated rings. The molecule has 49 heavy (non-hydrogen) atoms. The molecule has 0 bridgehead atoms. The second-order valence-corrected chi connectivity index (χ2v) is 11.9. The number of allylic oxidation sites excluding steroid dienone is 5. The monoisotopic (exact) mass is 671 g/mol. The van der Waals surface area contributed by atoms with Crippen LogP contribution in [0.15, 0.2) is 107 Å². The Morgan fingerprint density at radius 1 is 1.06 bits per heavy atom. The number of hydrogen-bond acceptors (Lipinski definition) is 6. The van der Waals surface area contributed by atoms with Crippen LogP contribution in [0.25, 0.3) is 10.9 Å². The van der Waals surface area contributed by atoms with Crippen LogP contribution in [-0.2, 0) is 30.8 Å². The number of nitrogens with one attached hydrogen (secondary N) is 2. The Morgan fingerprint density at radius 2 is 1.82 bits per heavy atom. The van der Waals surface area contributed by atoms with Gasteiger partial charge in [-0.2, -0.15) is 13.2 Å². The van der Waals surface area contributed by atoms with Gasteiger partial charge in [0.15, 0.2) is 0 Å². The largest absolute Gasteiger partial charge is 0.416 e. The Morgan fingerprint density at radius 3 is 2.53 bits per heavy atom. The van der Waals surface area contributed by atoms with E-state index in [1.165, 1.54) is 23.9 Å². The average molecular weight is 672 g/mol. The number of carbonyl (C=O) groups excluding carboxylic acids is 1. The van der Waals surface area contributed by atoms with Gasteiger partial charge in [0.05, 0.1) is 24.3 Å². The fourth-order valence-electron chi connectivity index (χ4n) is 5.66. The van der Waals surface area contributed by atoms with Crippen LogP contribution in [-0.4, -0.2) is 53.2 Å². The molecule has 0 aliphatic carbocycles. The summed E-state index contributed by atoms with van der Waals surface area (Å²) in [6.45, 7) is 8.32.